The Labute approximate surface area is 108 Å². The second kappa shape index (κ2) is 5.46. The van der Waals surface area contributed by atoms with Crippen molar-refractivity contribution >= 4 is 11.3 Å². The van der Waals surface area contributed by atoms with E-state index >= 15 is 0 Å². The molecule has 1 unspecified atom stereocenters. The summed E-state index contributed by atoms with van der Waals surface area (Å²) in [6.07, 6.45) is 6.75. The largest absolute Gasteiger partial charge is 0.371 e. The molecule has 1 aromatic rings. The molecule has 0 radical (unpaired) electrons. The number of aromatic nitrogens is 1. The summed E-state index contributed by atoms with van der Waals surface area (Å²) in [5.41, 5.74) is -0.0884. The number of methoxy groups -OCH3 is 1. The first kappa shape index (κ1) is 13.0. The average Bonchev–Trinajstić information content (AvgIpc) is 2.99. The van der Waals surface area contributed by atoms with Crippen LogP contribution in [0.4, 0.5) is 0 Å². The van der Waals surface area contributed by atoms with E-state index in [-0.39, 0.29) is 5.60 Å². The van der Waals surface area contributed by atoms with Gasteiger partial charge >= 0.3 is 0 Å². The fourth-order valence-corrected chi connectivity index (χ4v) is 3.72. The topological polar surface area (TPSA) is 34.2 Å². The van der Waals surface area contributed by atoms with E-state index in [9.17, 15) is 0 Å². The molecule has 96 valence electrons. The standard InChI is InChI=1S/C13H22N2OS/c1-4-14-10(2)11-9-15-12(17-11)13(16-3)7-5-6-8-13/h9-10,14H,4-8H2,1-3H3. The molecule has 1 heterocycles. The van der Waals surface area contributed by atoms with Gasteiger partial charge < -0.3 is 10.1 Å². The predicted octanol–water partition coefficient (Wildman–Crippen LogP) is 3.23. The van der Waals surface area contributed by atoms with Crippen molar-refractivity contribution in [3.05, 3.63) is 16.1 Å². The summed E-state index contributed by atoms with van der Waals surface area (Å²) < 4.78 is 5.77. The van der Waals surface area contributed by atoms with Crippen LogP contribution in [0.1, 0.15) is 55.5 Å². The SMILES string of the molecule is CCNC(C)c1cnc(C2(OC)CCCC2)s1. The smallest absolute Gasteiger partial charge is 0.125 e. The Bertz CT molecular complexity index is 358. The first-order valence-corrected chi connectivity index (χ1v) is 7.28. The Kier molecular flexibility index (Phi) is 4.17. The molecule has 1 fully saturated rings. The lowest BCUT2D eigenvalue weighted by molar-refractivity contribution is -0.00885. The zero-order valence-electron chi connectivity index (χ0n) is 11.0. The second-order valence-corrected chi connectivity index (χ2v) is 5.81. The minimum Gasteiger partial charge on any atom is -0.371 e. The third kappa shape index (κ3) is 2.54. The van der Waals surface area contributed by atoms with Gasteiger partial charge in [-0.1, -0.05) is 19.8 Å². The van der Waals surface area contributed by atoms with Gasteiger partial charge in [-0.2, -0.15) is 0 Å². The van der Waals surface area contributed by atoms with Gasteiger partial charge in [0.05, 0.1) is 0 Å². The van der Waals surface area contributed by atoms with Crippen molar-refractivity contribution in [2.24, 2.45) is 0 Å². The molecule has 0 bridgehead atoms. The van der Waals surface area contributed by atoms with Crippen molar-refractivity contribution in [3.63, 3.8) is 0 Å². The van der Waals surface area contributed by atoms with Gasteiger partial charge in [0.15, 0.2) is 0 Å². The monoisotopic (exact) mass is 254 g/mol. The van der Waals surface area contributed by atoms with Crippen LogP contribution >= 0.6 is 11.3 Å². The highest BCUT2D eigenvalue weighted by molar-refractivity contribution is 7.11. The van der Waals surface area contributed by atoms with Crippen LogP contribution in [-0.4, -0.2) is 18.6 Å². The number of nitrogens with one attached hydrogen (secondary N) is 1. The zero-order valence-corrected chi connectivity index (χ0v) is 11.8. The van der Waals surface area contributed by atoms with E-state index in [4.69, 9.17) is 4.74 Å². The van der Waals surface area contributed by atoms with Gasteiger partial charge in [0, 0.05) is 24.2 Å². The third-order valence-electron chi connectivity index (χ3n) is 3.65. The minimum absolute atomic E-state index is 0.0884. The third-order valence-corrected chi connectivity index (χ3v) is 5.02. The molecule has 17 heavy (non-hydrogen) atoms. The molecule has 1 aromatic heterocycles. The maximum Gasteiger partial charge on any atom is 0.125 e. The lowest BCUT2D eigenvalue weighted by atomic mass is 10.0. The number of hydrogen-bond acceptors (Lipinski definition) is 4. The van der Waals surface area contributed by atoms with Crippen molar-refractivity contribution in [1.82, 2.24) is 10.3 Å². The minimum atomic E-state index is -0.0884. The molecule has 2 rings (SSSR count). The lowest BCUT2D eigenvalue weighted by Gasteiger charge is -2.24. The fourth-order valence-electron chi connectivity index (χ4n) is 2.56. The van der Waals surface area contributed by atoms with Crippen LogP contribution in [0.15, 0.2) is 6.20 Å². The number of ether oxygens (including phenoxy) is 1. The number of thiazole rings is 1. The number of hydrogen-bond donors (Lipinski definition) is 1. The first-order valence-electron chi connectivity index (χ1n) is 6.46. The highest BCUT2D eigenvalue weighted by Crippen LogP contribution is 2.43. The van der Waals surface area contributed by atoms with Crippen LogP contribution in [0.25, 0.3) is 0 Å². The van der Waals surface area contributed by atoms with E-state index < -0.39 is 0 Å². The Morgan fingerprint density at radius 3 is 2.82 bits per heavy atom. The molecule has 1 atom stereocenters. The molecule has 0 aliphatic heterocycles. The summed E-state index contributed by atoms with van der Waals surface area (Å²) in [5, 5.41) is 4.59. The van der Waals surface area contributed by atoms with E-state index in [2.05, 4.69) is 24.1 Å². The van der Waals surface area contributed by atoms with E-state index in [0.717, 1.165) is 24.4 Å². The van der Waals surface area contributed by atoms with Crippen LogP contribution in [0, 0.1) is 0 Å². The quantitative estimate of drug-likeness (QED) is 0.876. The molecule has 1 N–H and O–H groups in total. The summed E-state index contributed by atoms with van der Waals surface area (Å²) in [5.74, 6) is 0. The molecule has 1 saturated carbocycles. The molecule has 1 aliphatic rings. The van der Waals surface area contributed by atoms with E-state index in [1.165, 1.54) is 17.7 Å². The summed E-state index contributed by atoms with van der Waals surface area (Å²) >= 11 is 1.80. The van der Waals surface area contributed by atoms with Gasteiger partial charge in [-0.05, 0) is 26.3 Å². The van der Waals surface area contributed by atoms with Crippen molar-refractivity contribution in [2.75, 3.05) is 13.7 Å². The normalized spacial score (nSPS) is 20.6. The van der Waals surface area contributed by atoms with E-state index in [0.29, 0.717) is 6.04 Å². The summed E-state index contributed by atoms with van der Waals surface area (Å²) in [4.78, 5) is 5.91. The van der Waals surface area contributed by atoms with Crippen LogP contribution < -0.4 is 5.32 Å². The Morgan fingerprint density at radius 1 is 1.53 bits per heavy atom. The molecule has 0 aromatic carbocycles. The number of nitrogens with zero attached hydrogens (tertiary/aromatic N) is 1. The Hall–Kier alpha value is -0.450. The predicted molar refractivity (Wildman–Crippen MR) is 71.4 cm³/mol. The molecule has 3 nitrogen and oxygen atoms in total. The fraction of sp³-hybridized carbons (Fsp3) is 0.769. The molecule has 1 aliphatic carbocycles. The van der Waals surface area contributed by atoms with Gasteiger partial charge in [0.1, 0.15) is 10.6 Å². The molecular weight excluding hydrogens is 232 g/mol. The molecular formula is C13H22N2OS. The van der Waals surface area contributed by atoms with Crippen LogP contribution in [0.3, 0.4) is 0 Å². The van der Waals surface area contributed by atoms with E-state index in [1.807, 2.05) is 13.3 Å². The van der Waals surface area contributed by atoms with Crippen molar-refractivity contribution in [3.8, 4) is 0 Å². The van der Waals surface area contributed by atoms with Crippen molar-refractivity contribution in [2.45, 2.75) is 51.2 Å². The lowest BCUT2D eigenvalue weighted by Crippen LogP contribution is -2.23. The van der Waals surface area contributed by atoms with Crippen molar-refractivity contribution in [1.29, 1.82) is 0 Å². The summed E-state index contributed by atoms with van der Waals surface area (Å²) in [7, 11) is 1.82. The van der Waals surface area contributed by atoms with Crippen LogP contribution in [-0.2, 0) is 10.3 Å². The molecule has 4 heteroatoms. The zero-order chi connectivity index (χ0) is 12.3. The maximum atomic E-state index is 5.77. The first-order chi connectivity index (χ1) is 8.22. The maximum absolute atomic E-state index is 5.77. The van der Waals surface area contributed by atoms with Crippen molar-refractivity contribution < 1.29 is 4.74 Å². The molecule has 0 saturated heterocycles. The number of rotatable bonds is 5. The van der Waals surface area contributed by atoms with Gasteiger partial charge in [-0.15, -0.1) is 11.3 Å². The summed E-state index contributed by atoms with van der Waals surface area (Å²) in [6, 6.07) is 0.390. The summed E-state index contributed by atoms with van der Waals surface area (Å²) in [6.45, 7) is 5.31. The van der Waals surface area contributed by atoms with Crippen LogP contribution in [0.5, 0.6) is 0 Å². The molecule has 0 spiro atoms. The van der Waals surface area contributed by atoms with Gasteiger partial charge in [0.2, 0.25) is 0 Å². The highest BCUT2D eigenvalue weighted by atomic mass is 32.1. The Morgan fingerprint density at radius 2 is 2.24 bits per heavy atom. The average molecular weight is 254 g/mol. The Balaban J connectivity index is 2.16. The molecule has 0 amide bonds. The van der Waals surface area contributed by atoms with Gasteiger partial charge in [-0.3, -0.25) is 0 Å². The second-order valence-electron chi connectivity index (χ2n) is 4.75. The highest BCUT2D eigenvalue weighted by Gasteiger charge is 2.38. The van der Waals surface area contributed by atoms with Gasteiger partial charge in [0.25, 0.3) is 0 Å². The van der Waals surface area contributed by atoms with Gasteiger partial charge in [-0.25, -0.2) is 4.98 Å². The van der Waals surface area contributed by atoms with Crippen LogP contribution in [0.2, 0.25) is 0 Å². The van der Waals surface area contributed by atoms with E-state index in [1.54, 1.807) is 11.3 Å².